The van der Waals surface area contributed by atoms with Crippen LogP contribution in [-0.2, 0) is 14.3 Å². The lowest BCUT2D eigenvalue weighted by Gasteiger charge is -2.46. The van der Waals surface area contributed by atoms with Crippen molar-refractivity contribution in [1.82, 2.24) is 5.16 Å². The van der Waals surface area contributed by atoms with E-state index in [4.69, 9.17) is 9.26 Å². The Balaban J connectivity index is 1.48. The van der Waals surface area contributed by atoms with Gasteiger partial charge in [-0.2, -0.15) is 0 Å². The Morgan fingerprint density at radius 1 is 1.09 bits per heavy atom. The Labute approximate surface area is 185 Å². The summed E-state index contributed by atoms with van der Waals surface area (Å²) in [5.74, 6) is 0.397. The minimum absolute atomic E-state index is 0.0661. The third-order valence-electron chi connectivity index (χ3n) is 7.74. The minimum Gasteiger partial charge on any atom is -0.483 e. The zero-order valence-electron chi connectivity index (χ0n) is 17.9. The fourth-order valence-electron chi connectivity index (χ4n) is 6.32. The highest BCUT2D eigenvalue weighted by Crippen LogP contribution is 2.52. The Morgan fingerprint density at radius 3 is 2.69 bits per heavy atom. The maximum Gasteiger partial charge on any atom is 0.295 e. The third-order valence-corrected chi connectivity index (χ3v) is 7.74. The quantitative estimate of drug-likeness (QED) is 0.685. The third kappa shape index (κ3) is 2.79. The van der Waals surface area contributed by atoms with E-state index < -0.39 is 17.8 Å². The molecule has 2 fully saturated rings. The van der Waals surface area contributed by atoms with Gasteiger partial charge in [0.15, 0.2) is 17.4 Å². The van der Waals surface area contributed by atoms with Crippen molar-refractivity contribution >= 4 is 17.5 Å². The number of hydrogen-bond donors (Lipinski definition) is 0. The summed E-state index contributed by atoms with van der Waals surface area (Å²) >= 11 is 0. The van der Waals surface area contributed by atoms with Gasteiger partial charge in [0.2, 0.25) is 0 Å². The molecule has 0 spiro atoms. The van der Waals surface area contributed by atoms with E-state index in [1.54, 1.807) is 31.2 Å². The number of fused-ring (bicyclic) bond motifs is 3. The molecule has 0 bridgehead atoms. The van der Waals surface area contributed by atoms with E-state index in [0.29, 0.717) is 17.6 Å². The van der Waals surface area contributed by atoms with Crippen LogP contribution in [0.1, 0.15) is 55.9 Å². The van der Waals surface area contributed by atoms with Gasteiger partial charge in [-0.25, -0.2) is 4.39 Å². The van der Waals surface area contributed by atoms with Crippen LogP contribution in [0.15, 0.2) is 46.2 Å². The summed E-state index contributed by atoms with van der Waals surface area (Å²) < 4.78 is 26.6. The van der Waals surface area contributed by atoms with Crippen molar-refractivity contribution in [3.8, 4) is 0 Å². The second kappa shape index (κ2) is 7.29. The Kier molecular flexibility index (Phi) is 4.49. The van der Waals surface area contributed by atoms with Gasteiger partial charge >= 0.3 is 0 Å². The van der Waals surface area contributed by atoms with Gasteiger partial charge in [-0.1, -0.05) is 42.6 Å². The number of carbonyl (C=O) groups excluding carboxylic acids is 2. The highest BCUT2D eigenvalue weighted by molar-refractivity contribution is 6.17. The summed E-state index contributed by atoms with van der Waals surface area (Å²) in [6, 6.07) is 6.96. The second-order valence-electron chi connectivity index (χ2n) is 9.48. The molecular formula is C25H25FN2O4. The molecule has 7 heteroatoms. The van der Waals surface area contributed by atoms with Gasteiger partial charge in [-0.05, 0) is 44.1 Å². The topological polar surface area (TPSA) is 72.6 Å². The molecule has 6 nitrogen and oxygen atoms in total. The van der Waals surface area contributed by atoms with E-state index in [2.05, 4.69) is 5.16 Å². The van der Waals surface area contributed by atoms with Crippen LogP contribution in [-0.4, -0.2) is 23.0 Å². The molecule has 5 unspecified atom stereocenters. The molecule has 1 amide bonds. The first-order chi connectivity index (χ1) is 15.5. The van der Waals surface area contributed by atoms with E-state index in [9.17, 15) is 14.0 Å². The molecule has 2 aliphatic heterocycles. The number of ether oxygens (including phenoxy) is 1. The number of amides is 1. The molecule has 1 aromatic carbocycles. The number of Topliss-reactive ketones (excluding diaryl/α,β-unsaturated/α-hetero) is 1. The maximum atomic E-state index is 14.9. The predicted octanol–water partition coefficient (Wildman–Crippen LogP) is 4.65. The fourth-order valence-corrected chi connectivity index (χ4v) is 6.32. The Bertz CT molecular complexity index is 1140. The summed E-state index contributed by atoms with van der Waals surface area (Å²) in [6.45, 7) is 1.72. The van der Waals surface area contributed by atoms with E-state index in [-0.39, 0.29) is 40.5 Å². The number of carbonyl (C=O) groups is 2. The predicted molar refractivity (Wildman–Crippen MR) is 113 cm³/mol. The molecule has 3 heterocycles. The van der Waals surface area contributed by atoms with E-state index >= 15 is 0 Å². The molecule has 166 valence electrons. The first-order valence-electron chi connectivity index (χ1n) is 11.5. The Morgan fingerprint density at radius 2 is 1.91 bits per heavy atom. The molecule has 0 N–H and O–H groups in total. The van der Waals surface area contributed by atoms with Gasteiger partial charge in [0, 0.05) is 11.6 Å². The molecule has 0 radical (unpaired) electrons. The molecule has 5 atom stereocenters. The number of rotatable bonds is 2. The zero-order chi connectivity index (χ0) is 22.0. The smallest absolute Gasteiger partial charge is 0.295 e. The van der Waals surface area contributed by atoms with Gasteiger partial charge in [0.25, 0.3) is 5.91 Å². The Hall–Kier alpha value is -2.96. The van der Waals surface area contributed by atoms with Crippen molar-refractivity contribution < 1.29 is 23.2 Å². The van der Waals surface area contributed by atoms with Crippen molar-refractivity contribution in [2.24, 2.45) is 17.8 Å². The van der Waals surface area contributed by atoms with Crippen LogP contribution in [0.4, 0.5) is 10.2 Å². The average Bonchev–Trinajstić information content (AvgIpc) is 3.35. The van der Waals surface area contributed by atoms with E-state index in [1.807, 2.05) is 0 Å². The lowest BCUT2D eigenvalue weighted by molar-refractivity contribution is -0.139. The zero-order valence-corrected chi connectivity index (χ0v) is 17.9. The molecule has 1 aromatic heterocycles. The summed E-state index contributed by atoms with van der Waals surface area (Å²) in [6.07, 6.45) is 6.02. The number of ketones is 1. The van der Waals surface area contributed by atoms with Gasteiger partial charge in [0.05, 0.1) is 17.5 Å². The number of aromatic nitrogens is 1. The highest BCUT2D eigenvalue weighted by Gasteiger charge is 2.56. The standard InChI is InChI=1S/C25H25FN2O4/c1-13-12-19(27-32-13)28-21(16-8-4-5-9-18(16)26)20-22(29)17-11-10-14-6-2-3-7-15(14)23(17)31-24(20)25(28)30/h4-5,8-9,12,14-15,17,21,23H,2-3,6-7,10-11H2,1H3. The van der Waals surface area contributed by atoms with Crippen LogP contribution in [0.3, 0.4) is 0 Å². The molecule has 2 saturated carbocycles. The summed E-state index contributed by atoms with van der Waals surface area (Å²) in [7, 11) is 0. The molecular weight excluding hydrogens is 411 g/mol. The first-order valence-corrected chi connectivity index (χ1v) is 11.5. The monoisotopic (exact) mass is 436 g/mol. The fraction of sp³-hybridized carbons (Fsp3) is 0.480. The number of nitrogens with zero attached hydrogens (tertiary/aromatic N) is 2. The van der Waals surface area contributed by atoms with Gasteiger partial charge in [-0.15, -0.1) is 0 Å². The van der Waals surface area contributed by atoms with Gasteiger partial charge < -0.3 is 9.26 Å². The lowest BCUT2D eigenvalue weighted by atomic mass is 9.63. The lowest BCUT2D eigenvalue weighted by Crippen LogP contribution is -2.48. The maximum absolute atomic E-state index is 14.9. The van der Waals surface area contributed by atoms with Crippen molar-refractivity contribution in [3.05, 3.63) is 58.8 Å². The van der Waals surface area contributed by atoms with Crippen LogP contribution in [0.25, 0.3) is 0 Å². The van der Waals surface area contributed by atoms with E-state index in [0.717, 1.165) is 32.1 Å². The number of benzene rings is 1. The van der Waals surface area contributed by atoms with Crippen LogP contribution in [0.5, 0.6) is 0 Å². The van der Waals surface area contributed by atoms with Crippen LogP contribution in [0, 0.1) is 30.5 Å². The van der Waals surface area contributed by atoms with Crippen molar-refractivity contribution in [2.45, 2.75) is 57.6 Å². The van der Waals surface area contributed by atoms with Crippen molar-refractivity contribution in [2.75, 3.05) is 4.90 Å². The molecule has 0 saturated heterocycles. The summed E-state index contributed by atoms with van der Waals surface area (Å²) in [5.41, 5.74) is 0.518. The van der Waals surface area contributed by atoms with Crippen LogP contribution >= 0.6 is 0 Å². The number of hydrogen-bond acceptors (Lipinski definition) is 5. The van der Waals surface area contributed by atoms with Crippen molar-refractivity contribution in [3.63, 3.8) is 0 Å². The van der Waals surface area contributed by atoms with E-state index in [1.165, 1.54) is 17.4 Å². The van der Waals surface area contributed by atoms with Gasteiger partial charge in [0.1, 0.15) is 17.7 Å². The summed E-state index contributed by atoms with van der Waals surface area (Å²) in [5, 5.41) is 4.01. The van der Waals surface area contributed by atoms with Crippen molar-refractivity contribution in [1.29, 1.82) is 0 Å². The number of anilines is 1. The van der Waals surface area contributed by atoms with Crippen LogP contribution < -0.4 is 4.90 Å². The second-order valence-corrected chi connectivity index (χ2v) is 9.48. The molecule has 6 rings (SSSR count). The van der Waals surface area contributed by atoms with Crippen LogP contribution in [0.2, 0.25) is 0 Å². The largest absolute Gasteiger partial charge is 0.483 e. The summed E-state index contributed by atoms with van der Waals surface area (Å²) in [4.78, 5) is 28.8. The van der Waals surface area contributed by atoms with Gasteiger partial charge in [-0.3, -0.25) is 14.5 Å². The highest BCUT2D eigenvalue weighted by atomic mass is 19.1. The average molecular weight is 436 g/mol. The molecule has 4 aliphatic rings. The molecule has 2 aromatic rings. The number of halogens is 1. The normalized spacial score (nSPS) is 31.8. The SMILES string of the molecule is Cc1cc(N2C(=O)C3=C(C(=O)C4CCC5CCCCC5C4O3)C2c2ccccc2F)no1. The minimum atomic E-state index is -0.916. The first kappa shape index (κ1) is 19.7. The molecule has 32 heavy (non-hydrogen) atoms. The number of aryl methyl sites for hydroxylation is 1. The molecule has 2 aliphatic carbocycles.